The highest BCUT2D eigenvalue weighted by atomic mass is 16.1. The Balaban J connectivity index is 1.88. The van der Waals surface area contributed by atoms with E-state index in [-0.39, 0.29) is 0 Å². The van der Waals surface area contributed by atoms with Crippen molar-refractivity contribution >= 4 is 6.29 Å². The van der Waals surface area contributed by atoms with E-state index in [4.69, 9.17) is 0 Å². The Morgan fingerprint density at radius 1 is 0.957 bits per heavy atom. The monoisotopic (exact) mass is 305 g/mol. The molecular weight excluding hydrogens is 286 g/mol. The summed E-state index contributed by atoms with van der Waals surface area (Å²) in [5.74, 6) is 0. The van der Waals surface area contributed by atoms with E-state index in [2.05, 4.69) is 41.5 Å². The summed E-state index contributed by atoms with van der Waals surface area (Å²) in [5.41, 5.74) is 4.72. The Hall–Kier alpha value is -2.75. The molecule has 0 spiro atoms. The average molecular weight is 305 g/mol. The predicted octanol–water partition coefficient (Wildman–Crippen LogP) is 3.43. The third-order valence-electron chi connectivity index (χ3n) is 3.99. The van der Waals surface area contributed by atoms with Crippen LogP contribution in [0.15, 0.2) is 54.6 Å². The van der Waals surface area contributed by atoms with Gasteiger partial charge in [0.05, 0.1) is 11.4 Å². The lowest BCUT2D eigenvalue weighted by molar-refractivity contribution is 0.111. The van der Waals surface area contributed by atoms with Crippen molar-refractivity contribution in [2.24, 2.45) is 0 Å². The van der Waals surface area contributed by atoms with Crippen LogP contribution < -0.4 is 0 Å². The number of aromatic nitrogens is 3. The van der Waals surface area contributed by atoms with Crippen molar-refractivity contribution < 1.29 is 4.79 Å². The molecule has 0 saturated carbocycles. The minimum atomic E-state index is 0.417. The standard InChI is InChI=1S/C19H19N3O/c1-2-15-8-11-17(12-9-15)22-19(18(14-23)20-21-22)13-10-16-6-4-3-5-7-16/h3-9,11-12,14H,2,10,13H2,1H3. The Kier molecular flexibility index (Phi) is 4.62. The molecule has 116 valence electrons. The fraction of sp³-hybridized carbons (Fsp3) is 0.211. The van der Waals surface area contributed by atoms with Gasteiger partial charge in [-0.15, -0.1) is 5.10 Å². The maximum atomic E-state index is 11.3. The maximum absolute atomic E-state index is 11.3. The lowest BCUT2D eigenvalue weighted by atomic mass is 10.1. The van der Waals surface area contributed by atoms with Gasteiger partial charge in [-0.3, -0.25) is 4.79 Å². The molecule has 0 aliphatic rings. The number of carbonyl (C=O) groups is 1. The van der Waals surface area contributed by atoms with Gasteiger partial charge in [-0.1, -0.05) is 54.6 Å². The largest absolute Gasteiger partial charge is 0.296 e. The molecule has 0 saturated heterocycles. The van der Waals surface area contributed by atoms with E-state index in [9.17, 15) is 4.79 Å². The first-order chi connectivity index (χ1) is 11.3. The smallest absolute Gasteiger partial charge is 0.172 e. The number of aryl methyl sites for hydroxylation is 2. The van der Waals surface area contributed by atoms with Crippen LogP contribution in [0.2, 0.25) is 0 Å². The van der Waals surface area contributed by atoms with Gasteiger partial charge in [0.1, 0.15) is 5.69 Å². The molecule has 0 atom stereocenters. The van der Waals surface area contributed by atoms with E-state index in [1.165, 1.54) is 11.1 Å². The van der Waals surface area contributed by atoms with Crippen molar-refractivity contribution in [1.29, 1.82) is 0 Å². The highest BCUT2D eigenvalue weighted by Crippen LogP contribution is 2.16. The van der Waals surface area contributed by atoms with Crippen LogP contribution in [-0.4, -0.2) is 21.3 Å². The molecule has 0 aliphatic heterocycles. The summed E-state index contributed by atoms with van der Waals surface area (Å²) in [6.45, 7) is 2.13. The van der Waals surface area contributed by atoms with Crippen molar-refractivity contribution in [3.05, 3.63) is 77.1 Å². The van der Waals surface area contributed by atoms with Gasteiger partial charge in [0.25, 0.3) is 0 Å². The Morgan fingerprint density at radius 3 is 2.35 bits per heavy atom. The summed E-state index contributed by atoms with van der Waals surface area (Å²) < 4.78 is 1.77. The number of hydrogen-bond acceptors (Lipinski definition) is 3. The SMILES string of the molecule is CCc1ccc(-n2nnc(C=O)c2CCc2ccccc2)cc1. The third kappa shape index (κ3) is 3.37. The summed E-state index contributed by atoms with van der Waals surface area (Å²) in [7, 11) is 0. The van der Waals surface area contributed by atoms with Gasteiger partial charge in [0.15, 0.2) is 6.29 Å². The lowest BCUT2D eigenvalue weighted by Crippen LogP contribution is -2.05. The van der Waals surface area contributed by atoms with Crippen molar-refractivity contribution in [1.82, 2.24) is 15.0 Å². The zero-order valence-corrected chi connectivity index (χ0v) is 13.1. The van der Waals surface area contributed by atoms with Gasteiger partial charge in [0.2, 0.25) is 0 Å². The first-order valence-electron chi connectivity index (χ1n) is 7.85. The number of rotatable bonds is 6. The lowest BCUT2D eigenvalue weighted by Gasteiger charge is -2.08. The predicted molar refractivity (Wildman–Crippen MR) is 90.0 cm³/mol. The van der Waals surface area contributed by atoms with Crippen molar-refractivity contribution in [3.63, 3.8) is 0 Å². The molecule has 0 N–H and O–H groups in total. The fourth-order valence-corrected chi connectivity index (χ4v) is 2.63. The molecular formula is C19H19N3O. The second-order valence-electron chi connectivity index (χ2n) is 5.46. The molecule has 23 heavy (non-hydrogen) atoms. The van der Waals surface area contributed by atoms with Gasteiger partial charge < -0.3 is 0 Å². The second-order valence-corrected chi connectivity index (χ2v) is 5.46. The van der Waals surface area contributed by atoms with Crippen molar-refractivity contribution in [3.8, 4) is 5.69 Å². The van der Waals surface area contributed by atoms with Gasteiger partial charge in [-0.2, -0.15) is 0 Å². The molecule has 1 aromatic heterocycles. The molecule has 4 heteroatoms. The summed E-state index contributed by atoms with van der Waals surface area (Å²) in [4.78, 5) is 11.3. The quantitative estimate of drug-likeness (QED) is 0.656. The van der Waals surface area contributed by atoms with E-state index in [0.29, 0.717) is 5.69 Å². The molecule has 4 nitrogen and oxygen atoms in total. The number of carbonyl (C=O) groups excluding carboxylic acids is 1. The van der Waals surface area contributed by atoms with Crippen LogP contribution in [0, 0.1) is 0 Å². The molecule has 0 radical (unpaired) electrons. The van der Waals surface area contributed by atoms with Crippen molar-refractivity contribution in [2.45, 2.75) is 26.2 Å². The zero-order chi connectivity index (χ0) is 16.1. The van der Waals surface area contributed by atoms with Crippen LogP contribution in [0.5, 0.6) is 0 Å². The fourth-order valence-electron chi connectivity index (χ4n) is 2.63. The van der Waals surface area contributed by atoms with Gasteiger partial charge in [-0.05, 0) is 42.5 Å². The summed E-state index contributed by atoms with van der Waals surface area (Å²) in [5, 5.41) is 8.17. The van der Waals surface area contributed by atoms with Crippen LogP contribution in [0.3, 0.4) is 0 Å². The second kappa shape index (κ2) is 7.01. The molecule has 0 amide bonds. The molecule has 0 bridgehead atoms. The molecule has 3 rings (SSSR count). The molecule has 0 unspecified atom stereocenters. The van der Waals surface area contributed by atoms with E-state index < -0.39 is 0 Å². The number of benzene rings is 2. The highest BCUT2D eigenvalue weighted by Gasteiger charge is 2.13. The zero-order valence-electron chi connectivity index (χ0n) is 13.1. The van der Waals surface area contributed by atoms with Crippen LogP contribution in [0.1, 0.15) is 34.2 Å². The van der Waals surface area contributed by atoms with Crippen LogP contribution in [0.25, 0.3) is 5.69 Å². The first-order valence-corrected chi connectivity index (χ1v) is 7.85. The van der Waals surface area contributed by atoms with E-state index in [1.807, 2.05) is 30.3 Å². The van der Waals surface area contributed by atoms with E-state index >= 15 is 0 Å². The molecule has 0 fully saturated rings. The normalized spacial score (nSPS) is 10.7. The number of aldehydes is 1. The summed E-state index contributed by atoms with van der Waals surface area (Å²) >= 11 is 0. The van der Waals surface area contributed by atoms with E-state index in [0.717, 1.165) is 36.9 Å². The topological polar surface area (TPSA) is 47.8 Å². The minimum Gasteiger partial charge on any atom is -0.296 e. The highest BCUT2D eigenvalue weighted by molar-refractivity contribution is 5.73. The van der Waals surface area contributed by atoms with E-state index in [1.54, 1.807) is 4.68 Å². The minimum absolute atomic E-state index is 0.417. The van der Waals surface area contributed by atoms with Crippen LogP contribution in [-0.2, 0) is 19.3 Å². The van der Waals surface area contributed by atoms with Crippen molar-refractivity contribution in [2.75, 3.05) is 0 Å². The number of hydrogen-bond donors (Lipinski definition) is 0. The summed E-state index contributed by atoms with van der Waals surface area (Å²) in [6.07, 6.45) is 3.35. The molecule has 3 aromatic rings. The van der Waals surface area contributed by atoms with Gasteiger partial charge in [-0.25, -0.2) is 4.68 Å². The van der Waals surface area contributed by atoms with Gasteiger partial charge >= 0.3 is 0 Å². The number of nitrogens with zero attached hydrogens (tertiary/aromatic N) is 3. The molecule has 1 heterocycles. The molecule has 0 aliphatic carbocycles. The Labute approximate surface area is 135 Å². The Bertz CT molecular complexity index is 776. The average Bonchev–Trinajstić information content (AvgIpc) is 3.04. The maximum Gasteiger partial charge on any atom is 0.172 e. The van der Waals surface area contributed by atoms with Gasteiger partial charge in [0, 0.05) is 0 Å². The Morgan fingerprint density at radius 2 is 1.70 bits per heavy atom. The van der Waals surface area contributed by atoms with Crippen LogP contribution in [0.4, 0.5) is 0 Å². The summed E-state index contributed by atoms with van der Waals surface area (Å²) in [6, 6.07) is 18.4. The van der Waals surface area contributed by atoms with Crippen LogP contribution >= 0.6 is 0 Å². The first kappa shape index (κ1) is 15.2. The third-order valence-corrected chi connectivity index (χ3v) is 3.99. The molecule has 2 aromatic carbocycles.